The van der Waals surface area contributed by atoms with E-state index in [1.807, 2.05) is 29.2 Å². The first-order chi connectivity index (χ1) is 21.7. The van der Waals surface area contributed by atoms with Crippen molar-refractivity contribution in [3.63, 3.8) is 0 Å². The Morgan fingerprint density at radius 3 is 2.60 bits per heavy atom. The summed E-state index contributed by atoms with van der Waals surface area (Å²) < 4.78 is 28.6. The lowest BCUT2D eigenvalue weighted by molar-refractivity contribution is -0.134. The molecule has 2 saturated heterocycles. The second-order valence-corrected chi connectivity index (χ2v) is 11.7. The Kier molecular flexibility index (Phi) is 8.59. The van der Waals surface area contributed by atoms with Crippen LogP contribution < -0.4 is 10.5 Å². The number of hydrogen-bond donors (Lipinski definition) is 1. The Bertz CT molecular complexity index is 1750. The number of nitrogen functional groups attached to an aromatic ring is 1. The molecule has 2 N–H and O–H groups in total. The minimum Gasteiger partial charge on any atom is -0.457 e. The van der Waals surface area contributed by atoms with Gasteiger partial charge in [-0.25, -0.2) is 19.0 Å². The van der Waals surface area contributed by atoms with Gasteiger partial charge < -0.3 is 20.1 Å². The molecule has 2 aromatic carbocycles. The fraction of sp³-hybridized carbons (Fsp3) is 0.364. The van der Waals surface area contributed by atoms with Crippen LogP contribution in [-0.4, -0.2) is 93.1 Å². The highest BCUT2D eigenvalue weighted by molar-refractivity contribution is 6.12. The zero-order valence-electron chi connectivity index (χ0n) is 25.7. The molecule has 2 aliphatic heterocycles. The summed E-state index contributed by atoms with van der Waals surface area (Å²) in [4.78, 5) is 30.7. The van der Waals surface area contributed by atoms with E-state index in [1.54, 1.807) is 42.2 Å². The molecule has 11 nitrogen and oxygen atoms in total. The van der Waals surface area contributed by atoms with Gasteiger partial charge in [0.05, 0.1) is 36.8 Å². The van der Waals surface area contributed by atoms with Gasteiger partial charge in [-0.1, -0.05) is 24.3 Å². The summed E-state index contributed by atoms with van der Waals surface area (Å²) in [5.41, 5.74) is 7.51. The number of nitrogens with two attached hydrogens (primary N) is 1. The van der Waals surface area contributed by atoms with E-state index >= 15 is 4.39 Å². The van der Waals surface area contributed by atoms with Crippen molar-refractivity contribution in [2.75, 3.05) is 45.6 Å². The maximum absolute atomic E-state index is 15.6. The van der Waals surface area contributed by atoms with Crippen LogP contribution in [0.4, 0.5) is 10.2 Å². The van der Waals surface area contributed by atoms with Crippen LogP contribution in [0.3, 0.4) is 0 Å². The molecule has 1 unspecified atom stereocenters. The van der Waals surface area contributed by atoms with E-state index < -0.39 is 5.82 Å². The first-order valence-corrected chi connectivity index (χ1v) is 15.0. The van der Waals surface area contributed by atoms with E-state index in [1.165, 1.54) is 12.4 Å². The van der Waals surface area contributed by atoms with Crippen LogP contribution in [0.1, 0.15) is 20.3 Å². The largest absolute Gasteiger partial charge is 0.457 e. The SMILES string of the molecule is CN=C/C(=C\C(C)(C)N1CCOCC1)C(=O)N1CCC1Cn1nc(-c2ccc(Oc3ccccc3)cc2F)c2c(N)ncnc21. The van der Waals surface area contributed by atoms with Gasteiger partial charge in [0.2, 0.25) is 0 Å². The molecule has 1 atom stereocenters. The van der Waals surface area contributed by atoms with Gasteiger partial charge in [-0.05, 0) is 44.5 Å². The molecule has 1 amide bonds. The average molecular weight is 613 g/mol. The normalized spacial score (nSPS) is 18.0. The number of carbonyl (C=O) groups excluding carboxylic acids is 1. The molecule has 234 valence electrons. The van der Waals surface area contributed by atoms with Crippen LogP contribution >= 0.6 is 0 Å². The highest BCUT2D eigenvalue weighted by atomic mass is 19.1. The maximum atomic E-state index is 15.6. The van der Waals surface area contributed by atoms with Gasteiger partial charge in [-0.2, -0.15) is 5.10 Å². The number of ether oxygens (including phenoxy) is 2. The first kappa shape index (κ1) is 30.4. The lowest BCUT2D eigenvalue weighted by atomic mass is 9.95. The first-order valence-electron chi connectivity index (χ1n) is 15.0. The fourth-order valence-corrected chi connectivity index (χ4v) is 5.89. The standard InChI is InChI=1S/C33H37FN8O3/c1-33(2,40-13-15-44-16-14-40)18-22(19-36-3)32(43)41-12-11-23(41)20-42-31-28(30(35)37-21-38-31)29(39-42)26-10-9-25(17-27(26)34)45-24-7-5-4-6-8-24/h4-10,17-19,21,23H,11-16,20H2,1-3H3,(H2,35,37,38)/b22-18+,36-19?. The van der Waals surface area contributed by atoms with Crippen LogP contribution in [0, 0.1) is 5.82 Å². The van der Waals surface area contributed by atoms with Crippen LogP contribution in [0.2, 0.25) is 0 Å². The number of para-hydroxylation sites is 1. The maximum Gasteiger partial charge on any atom is 0.255 e. The van der Waals surface area contributed by atoms with Crippen molar-refractivity contribution in [2.24, 2.45) is 4.99 Å². The molecule has 0 radical (unpaired) electrons. The zero-order valence-corrected chi connectivity index (χ0v) is 25.7. The van der Waals surface area contributed by atoms with Gasteiger partial charge >= 0.3 is 0 Å². The monoisotopic (exact) mass is 612 g/mol. The smallest absolute Gasteiger partial charge is 0.255 e. The molecule has 2 fully saturated rings. The number of aromatic nitrogens is 4. The predicted octanol–water partition coefficient (Wildman–Crippen LogP) is 4.35. The molecule has 0 spiro atoms. The average Bonchev–Trinajstić information content (AvgIpc) is 3.39. The molecule has 6 rings (SSSR count). The van der Waals surface area contributed by atoms with E-state index in [4.69, 9.17) is 20.3 Å². The van der Waals surface area contributed by atoms with Crippen molar-refractivity contribution in [1.82, 2.24) is 29.5 Å². The molecule has 2 aliphatic rings. The Morgan fingerprint density at radius 1 is 1.13 bits per heavy atom. The van der Waals surface area contributed by atoms with Gasteiger partial charge in [0.1, 0.15) is 35.2 Å². The summed E-state index contributed by atoms with van der Waals surface area (Å²) in [6.07, 6.45) is 5.77. The van der Waals surface area contributed by atoms with E-state index in [-0.39, 0.29) is 28.9 Å². The molecule has 0 bridgehead atoms. The number of rotatable bonds is 9. The molecular weight excluding hydrogens is 575 g/mol. The quantitative estimate of drug-likeness (QED) is 0.219. The minimum absolute atomic E-state index is 0.0935. The summed E-state index contributed by atoms with van der Waals surface area (Å²) in [5.74, 6) is 0.542. The molecule has 0 saturated carbocycles. The Balaban J connectivity index is 1.26. The highest BCUT2D eigenvalue weighted by Gasteiger charge is 2.36. The van der Waals surface area contributed by atoms with E-state index in [0.717, 1.165) is 19.5 Å². The number of likely N-dealkylation sites (tertiary alicyclic amines) is 1. The third kappa shape index (κ3) is 6.29. The number of amides is 1. The molecule has 4 heterocycles. The Labute approximate surface area is 261 Å². The second-order valence-electron chi connectivity index (χ2n) is 11.7. The highest BCUT2D eigenvalue weighted by Crippen LogP contribution is 2.35. The van der Waals surface area contributed by atoms with Gasteiger partial charge in [0.25, 0.3) is 5.91 Å². The van der Waals surface area contributed by atoms with Gasteiger partial charge in [-0.15, -0.1) is 0 Å². The van der Waals surface area contributed by atoms with Crippen LogP contribution in [-0.2, 0) is 16.1 Å². The lowest BCUT2D eigenvalue weighted by Gasteiger charge is -2.42. The van der Waals surface area contributed by atoms with Crippen LogP contribution in [0.15, 0.2) is 71.5 Å². The number of nitrogens with zero attached hydrogens (tertiary/aromatic N) is 7. The van der Waals surface area contributed by atoms with E-state index in [0.29, 0.717) is 60.1 Å². The van der Waals surface area contributed by atoms with Gasteiger partial charge in [0, 0.05) is 50.1 Å². The minimum atomic E-state index is -0.518. The van der Waals surface area contributed by atoms with E-state index in [9.17, 15) is 4.79 Å². The third-order valence-electron chi connectivity index (χ3n) is 8.37. The number of fused-ring (bicyclic) bond motifs is 1. The Hall–Kier alpha value is -4.68. The number of halogens is 1. The molecular formula is C33H37FN8O3. The summed E-state index contributed by atoms with van der Waals surface area (Å²) in [5, 5.41) is 5.22. The van der Waals surface area contributed by atoms with Gasteiger partial charge in [-0.3, -0.25) is 14.7 Å². The number of carbonyl (C=O) groups is 1. The molecule has 2 aromatic heterocycles. The van der Waals surface area contributed by atoms with Crippen molar-refractivity contribution >= 4 is 29.0 Å². The summed E-state index contributed by atoms with van der Waals surface area (Å²) in [7, 11) is 1.66. The number of aliphatic imine (C=N–C) groups is 1. The Morgan fingerprint density at radius 2 is 1.91 bits per heavy atom. The number of morpholine rings is 1. The lowest BCUT2D eigenvalue weighted by Crippen LogP contribution is -2.54. The van der Waals surface area contributed by atoms with Crippen molar-refractivity contribution in [1.29, 1.82) is 0 Å². The molecule has 4 aromatic rings. The van der Waals surface area contributed by atoms with Crippen molar-refractivity contribution in [3.05, 3.63) is 72.3 Å². The number of hydrogen-bond acceptors (Lipinski definition) is 9. The summed E-state index contributed by atoms with van der Waals surface area (Å²) in [6.45, 7) is 8.09. The fourth-order valence-electron chi connectivity index (χ4n) is 5.89. The molecule has 12 heteroatoms. The predicted molar refractivity (Wildman–Crippen MR) is 171 cm³/mol. The van der Waals surface area contributed by atoms with Crippen molar-refractivity contribution < 1.29 is 18.7 Å². The zero-order chi connectivity index (χ0) is 31.6. The van der Waals surface area contributed by atoms with Crippen molar-refractivity contribution in [3.8, 4) is 22.8 Å². The van der Waals surface area contributed by atoms with Gasteiger partial charge in [0.15, 0.2) is 5.65 Å². The van der Waals surface area contributed by atoms with Crippen LogP contribution in [0.5, 0.6) is 11.5 Å². The third-order valence-corrected chi connectivity index (χ3v) is 8.37. The molecule has 45 heavy (non-hydrogen) atoms. The summed E-state index contributed by atoms with van der Waals surface area (Å²) in [6, 6.07) is 13.6. The van der Waals surface area contributed by atoms with Crippen LogP contribution in [0.25, 0.3) is 22.3 Å². The van der Waals surface area contributed by atoms with Crippen molar-refractivity contribution in [2.45, 2.75) is 38.4 Å². The number of anilines is 1. The molecule has 0 aliphatic carbocycles. The summed E-state index contributed by atoms with van der Waals surface area (Å²) >= 11 is 0. The second kappa shape index (κ2) is 12.7. The number of benzene rings is 2. The topological polar surface area (TPSA) is 124 Å². The van der Waals surface area contributed by atoms with E-state index in [2.05, 4.69) is 33.7 Å².